The molecule has 1 aromatic heterocycles. The summed E-state index contributed by atoms with van der Waals surface area (Å²) in [6, 6.07) is 12.8. The van der Waals surface area contributed by atoms with Gasteiger partial charge in [-0.15, -0.1) is 24.0 Å². The molecule has 11 heteroatoms. The lowest BCUT2D eigenvalue weighted by atomic mass is 10.1. The second kappa shape index (κ2) is 11.0. The lowest BCUT2D eigenvalue weighted by molar-refractivity contribution is -0.0505. The number of halogens is 3. The average Bonchev–Trinajstić information content (AvgIpc) is 3.45. The number of fused-ring (bicyclic) bond motifs is 1. The van der Waals surface area contributed by atoms with Crippen molar-refractivity contribution >= 4 is 29.9 Å². The zero-order chi connectivity index (χ0) is 21.6. The molecule has 1 aliphatic rings. The summed E-state index contributed by atoms with van der Waals surface area (Å²) in [6.07, 6.45) is 3.59. The van der Waals surface area contributed by atoms with Gasteiger partial charge in [0.1, 0.15) is 5.75 Å². The summed E-state index contributed by atoms with van der Waals surface area (Å²) in [6.45, 7) is -2.19. The zero-order valence-corrected chi connectivity index (χ0v) is 19.5. The van der Waals surface area contributed by atoms with E-state index in [1.807, 2.05) is 36.5 Å². The second-order valence-electron chi connectivity index (χ2n) is 6.59. The van der Waals surface area contributed by atoms with Crippen molar-refractivity contribution in [2.75, 3.05) is 13.8 Å². The van der Waals surface area contributed by atoms with Gasteiger partial charge in [-0.3, -0.25) is 4.99 Å². The normalized spacial score (nSPS) is 12.4. The molecule has 170 valence electrons. The van der Waals surface area contributed by atoms with E-state index >= 15 is 0 Å². The number of ether oxygens (including phenoxy) is 3. The Morgan fingerprint density at radius 3 is 2.66 bits per heavy atom. The molecule has 0 spiro atoms. The first-order chi connectivity index (χ1) is 15.1. The Morgan fingerprint density at radius 1 is 1.16 bits per heavy atom. The summed E-state index contributed by atoms with van der Waals surface area (Å²) < 4.78 is 42.6. The van der Waals surface area contributed by atoms with Crippen molar-refractivity contribution in [3.05, 3.63) is 66.0 Å². The van der Waals surface area contributed by atoms with Gasteiger partial charge in [0.05, 0.1) is 5.69 Å². The van der Waals surface area contributed by atoms with Crippen LogP contribution in [0.1, 0.15) is 11.1 Å². The van der Waals surface area contributed by atoms with Crippen LogP contribution < -0.4 is 24.8 Å². The monoisotopic (exact) mass is 557 g/mol. The fourth-order valence-corrected chi connectivity index (χ4v) is 3.13. The number of alkyl halides is 2. The van der Waals surface area contributed by atoms with Gasteiger partial charge in [0.2, 0.25) is 6.79 Å². The third-order valence-corrected chi connectivity index (χ3v) is 4.58. The van der Waals surface area contributed by atoms with Crippen molar-refractivity contribution < 1.29 is 23.0 Å². The molecule has 0 fully saturated rings. The van der Waals surface area contributed by atoms with Crippen molar-refractivity contribution in [2.45, 2.75) is 19.7 Å². The largest absolute Gasteiger partial charge is 0.454 e. The predicted molar refractivity (Wildman–Crippen MR) is 125 cm³/mol. The summed E-state index contributed by atoms with van der Waals surface area (Å²) in [5, 5.41) is 10.5. The fraction of sp³-hybridized carbons (Fsp3) is 0.238. The van der Waals surface area contributed by atoms with Crippen LogP contribution in [-0.4, -0.2) is 36.2 Å². The minimum atomic E-state index is -2.95. The number of aliphatic imine (C=N–C) groups is 1. The Morgan fingerprint density at radius 2 is 1.94 bits per heavy atom. The van der Waals surface area contributed by atoms with Crippen LogP contribution in [-0.2, 0) is 13.1 Å². The van der Waals surface area contributed by atoms with Crippen LogP contribution in [0, 0.1) is 0 Å². The number of hydrogen-bond donors (Lipinski definition) is 2. The van der Waals surface area contributed by atoms with E-state index in [2.05, 4.69) is 25.5 Å². The van der Waals surface area contributed by atoms with E-state index in [1.54, 1.807) is 24.0 Å². The minimum absolute atomic E-state index is 0. The van der Waals surface area contributed by atoms with Crippen molar-refractivity contribution in [1.29, 1.82) is 0 Å². The Bertz CT molecular complexity index is 1060. The molecule has 0 saturated heterocycles. The van der Waals surface area contributed by atoms with Gasteiger partial charge in [0, 0.05) is 44.2 Å². The Kier molecular flexibility index (Phi) is 8.09. The molecule has 0 atom stereocenters. The van der Waals surface area contributed by atoms with E-state index in [1.165, 1.54) is 6.07 Å². The number of nitrogens with one attached hydrogen (secondary N) is 2. The molecule has 0 bridgehead atoms. The van der Waals surface area contributed by atoms with Crippen LogP contribution in [0.3, 0.4) is 0 Å². The summed E-state index contributed by atoms with van der Waals surface area (Å²) in [7, 11) is 1.63. The van der Waals surface area contributed by atoms with Crippen LogP contribution in [0.15, 0.2) is 59.9 Å². The van der Waals surface area contributed by atoms with Crippen LogP contribution in [0.4, 0.5) is 8.78 Å². The van der Waals surface area contributed by atoms with Gasteiger partial charge in [-0.1, -0.05) is 12.1 Å². The van der Waals surface area contributed by atoms with Crippen LogP contribution in [0.25, 0.3) is 5.69 Å². The molecule has 3 aromatic rings. The maximum absolute atomic E-state index is 12.8. The predicted octanol–water partition coefficient (Wildman–Crippen LogP) is 3.69. The van der Waals surface area contributed by atoms with Crippen molar-refractivity contribution in [1.82, 2.24) is 20.4 Å². The summed E-state index contributed by atoms with van der Waals surface area (Å²) in [5.41, 5.74) is 2.47. The van der Waals surface area contributed by atoms with Gasteiger partial charge in [-0.05, 0) is 29.8 Å². The van der Waals surface area contributed by atoms with Crippen LogP contribution in [0.2, 0.25) is 0 Å². The third-order valence-electron chi connectivity index (χ3n) is 4.58. The number of rotatable bonds is 7. The highest BCUT2D eigenvalue weighted by molar-refractivity contribution is 14.0. The van der Waals surface area contributed by atoms with Crippen molar-refractivity contribution in [3.8, 4) is 22.9 Å². The second-order valence-corrected chi connectivity index (χ2v) is 6.59. The van der Waals surface area contributed by atoms with Crippen molar-refractivity contribution in [2.24, 2.45) is 4.99 Å². The summed E-state index contributed by atoms with van der Waals surface area (Å²) in [5.74, 6) is 1.38. The van der Waals surface area contributed by atoms with E-state index in [0.717, 1.165) is 11.3 Å². The molecule has 2 N–H and O–H groups in total. The van der Waals surface area contributed by atoms with Crippen LogP contribution in [0.5, 0.6) is 17.2 Å². The van der Waals surface area contributed by atoms with E-state index in [4.69, 9.17) is 9.47 Å². The fourth-order valence-electron chi connectivity index (χ4n) is 3.13. The van der Waals surface area contributed by atoms with Gasteiger partial charge in [-0.2, -0.15) is 13.9 Å². The van der Waals surface area contributed by atoms with Gasteiger partial charge in [-0.25, -0.2) is 4.68 Å². The molecule has 1 aliphatic heterocycles. The standard InChI is InChI=1S/C21H21F2N5O3.HI/c1-24-21(25-11-14-4-2-5-16(8-14)28-7-3-6-27-28)26-12-15-9-18-19(30-13-29-18)10-17(15)31-20(22)23;/h2-10,20H,11-13H2,1H3,(H2,24,25,26);1H. The molecule has 0 radical (unpaired) electrons. The third kappa shape index (κ3) is 5.78. The number of hydrogen-bond acceptors (Lipinski definition) is 5. The Hall–Kier alpha value is -3.09. The molecule has 32 heavy (non-hydrogen) atoms. The van der Waals surface area contributed by atoms with Crippen molar-refractivity contribution in [3.63, 3.8) is 0 Å². The maximum atomic E-state index is 12.8. The maximum Gasteiger partial charge on any atom is 0.387 e. The zero-order valence-electron chi connectivity index (χ0n) is 17.1. The molecule has 4 rings (SSSR count). The number of nitrogens with zero attached hydrogens (tertiary/aromatic N) is 3. The molecular weight excluding hydrogens is 535 g/mol. The molecular formula is C21H22F2IN5O3. The van der Waals surface area contributed by atoms with E-state index in [0.29, 0.717) is 29.6 Å². The highest BCUT2D eigenvalue weighted by atomic mass is 127. The lowest BCUT2D eigenvalue weighted by Gasteiger charge is -2.15. The summed E-state index contributed by atoms with van der Waals surface area (Å²) in [4.78, 5) is 4.19. The molecule has 0 amide bonds. The topological polar surface area (TPSA) is 81.9 Å². The first-order valence-corrected chi connectivity index (χ1v) is 9.53. The van der Waals surface area contributed by atoms with Gasteiger partial charge in [0.25, 0.3) is 0 Å². The lowest BCUT2D eigenvalue weighted by Crippen LogP contribution is -2.36. The van der Waals surface area contributed by atoms with E-state index in [9.17, 15) is 8.78 Å². The molecule has 0 aliphatic carbocycles. The molecule has 0 unspecified atom stereocenters. The highest BCUT2D eigenvalue weighted by Gasteiger charge is 2.20. The van der Waals surface area contributed by atoms with E-state index in [-0.39, 0.29) is 43.1 Å². The first kappa shape index (κ1) is 23.6. The van der Waals surface area contributed by atoms with Crippen LogP contribution >= 0.6 is 24.0 Å². The minimum Gasteiger partial charge on any atom is -0.454 e. The molecule has 0 saturated carbocycles. The number of guanidine groups is 1. The average molecular weight is 557 g/mol. The van der Waals surface area contributed by atoms with Gasteiger partial charge >= 0.3 is 6.61 Å². The number of aromatic nitrogens is 2. The van der Waals surface area contributed by atoms with Gasteiger partial charge in [0.15, 0.2) is 17.5 Å². The van der Waals surface area contributed by atoms with E-state index < -0.39 is 6.61 Å². The molecule has 8 nitrogen and oxygen atoms in total. The molecule has 2 aromatic carbocycles. The first-order valence-electron chi connectivity index (χ1n) is 9.53. The number of benzene rings is 2. The SMILES string of the molecule is CN=C(NCc1cccc(-n2cccn2)c1)NCc1cc2c(cc1OC(F)F)OCO2.I. The Labute approximate surface area is 200 Å². The quantitative estimate of drug-likeness (QED) is 0.262. The molecule has 2 heterocycles. The highest BCUT2D eigenvalue weighted by Crippen LogP contribution is 2.38. The smallest absolute Gasteiger partial charge is 0.387 e. The van der Waals surface area contributed by atoms with Gasteiger partial charge < -0.3 is 24.8 Å². The Balaban J connectivity index is 0.00000289. The summed E-state index contributed by atoms with van der Waals surface area (Å²) >= 11 is 0.